The lowest BCUT2D eigenvalue weighted by molar-refractivity contribution is 0.0199. The summed E-state index contributed by atoms with van der Waals surface area (Å²) >= 11 is 0. The fraction of sp³-hybridized carbons (Fsp3) is 0.364. The molecule has 1 spiro atoms. The molecule has 1 N–H and O–H groups in total. The minimum Gasteiger partial charge on any atom is -0.487 e. The highest BCUT2D eigenvalue weighted by molar-refractivity contribution is 5.73. The third-order valence-electron chi connectivity index (χ3n) is 6.16. The van der Waals surface area contributed by atoms with Gasteiger partial charge in [-0.1, -0.05) is 12.1 Å². The van der Waals surface area contributed by atoms with Gasteiger partial charge in [0, 0.05) is 49.8 Å². The van der Waals surface area contributed by atoms with E-state index in [4.69, 9.17) is 9.57 Å². The highest BCUT2D eigenvalue weighted by Gasteiger charge is 2.43. The fourth-order valence-electron chi connectivity index (χ4n) is 4.58. The van der Waals surface area contributed by atoms with Crippen LogP contribution in [0.15, 0.2) is 42.6 Å². The number of ether oxygens (including phenoxy) is 1. The number of nitrogens with one attached hydrogen (secondary N) is 1. The molecule has 3 aromatic rings. The molecule has 1 fully saturated rings. The molecular formula is C22H24N4O3. The number of hydrogen-bond acceptors (Lipinski definition) is 4. The van der Waals surface area contributed by atoms with Crippen molar-refractivity contribution in [3.63, 3.8) is 0 Å². The Morgan fingerprint density at radius 1 is 1.21 bits per heavy atom. The van der Waals surface area contributed by atoms with Crippen LogP contribution in [0.5, 0.6) is 5.75 Å². The van der Waals surface area contributed by atoms with E-state index in [9.17, 15) is 4.79 Å². The van der Waals surface area contributed by atoms with Gasteiger partial charge in [0.05, 0.1) is 12.6 Å². The molecule has 29 heavy (non-hydrogen) atoms. The maximum Gasteiger partial charge on any atom is 0.341 e. The first kappa shape index (κ1) is 18.0. The van der Waals surface area contributed by atoms with E-state index in [1.165, 1.54) is 23.8 Å². The first-order chi connectivity index (χ1) is 14.1. The van der Waals surface area contributed by atoms with E-state index in [2.05, 4.69) is 47.8 Å². The Kier molecular flexibility index (Phi) is 4.20. The van der Waals surface area contributed by atoms with Crippen LogP contribution in [0.2, 0.25) is 0 Å². The van der Waals surface area contributed by atoms with E-state index < -0.39 is 0 Å². The quantitative estimate of drug-likeness (QED) is 0.679. The van der Waals surface area contributed by atoms with E-state index in [1.807, 2.05) is 16.8 Å². The summed E-state index contributed by atoms with van der Waals surface area (Å²) in [4.78, 5) is 18.5. The van der Waals surface area contributed by atoms with E-state index in [1.54, 1.807) is 4.90 Å². The third kappa shape index (κ3) is 3.02. The van der Waals surface area contributed by atoms with Gasteiger partial charge in [-0.25, -0.2) is 14.8 Å². The van der Waals surface area contributed by atoms with Crippen LogP contribution in [0.4, 0.5) is 4.79 Å². The molecule has 0 radical (unpaired) electrons. The lowest BCUT2D eigenvalue weighted by Gasteiger charge is -2.38. The van der Waals surface area contributed by atoms with E-state index in [0.717, 1.165) is 36.2 Å². The molecule has 0 aliphatic carbocycles. The van der Waals surface area contributed by atoms with Gasteiger partial charge in [0.2, 0.25) is 0 Å². The van der Waals surface area contributed by atoms with Crippen LogP contribution in [0.3, 0.4) is 0 Å². The second kappa shape index (κ2) is 6.77. The minimum absolute atomic E-state index is 0.190. The van der Waals surface area contributed by atoms with Crippen LogP contribution < -0.4 is 10.2 Å². The number of carbonyl (C=O) groups is 1. The number of carbonyl (C=O) groups excluding carboxylic acids is 1. The van der Waals surface area contributed by atoms with Gasteiger partial charge in [0.15, 0.2) is 0 Å². The molecule has 7 nitrogen and oxygen atoms in total. The van der Waals surface area contributed by atoms with Gasteiger partial charge >= 0.3 is 6.03 Å². The van der Waals surface area contributed by atoms with Crippen molar-refractivity contribution in [1.29, 1.82) is 0 Å². The summed E-state index contributed by atoms with van der Waals surface area (Å²) in [6, 6.07) is 12.5. The lowest BCUT2D eigenvalue weighted by Crippen LogP contribution is -2.51. The summed E-state index contributed by atoms with van der Waals surface area (Å²) in [6.07, 6.45) is 4.32. The number of pyridine rings is 1. The molecule has 0 atom stereocenters. The number of hydrogen-bond donors (Lipinski definition) is 1. The van der Waals surface area contributed by atoms with Gasteiger partial charge in [-0.2, -0.15) is 5.10 Å². The van der Waals surface area contributed by atoms with Gasteiger partial charge in [-0.3, -0.25) is 4.84 Å². The van der Waals surface area contributed by atoms with Crippen LogP contribution in [0.25, 0.3) is 16.6 Å². The maximum atomic E-state index is 12.0. The highest BCUT2D eigenvalue weighted by atomic mass is 16.6. The Hall–Kier alpha value is -3.06. The number of urea groups is 1. The SMILES string of the molecule is CONC(=O)N1CCC2(CC1)Cc1cc(-c3ccc4ccnn4c3C)ccc1O2. The number of nitrogens with zero attached hydrogens (tertiary/aromatic N) is 3. The van der Waals surface area contributed by atoms with Crippen molar-refractivity contribution >= 4 is 11.5 Å². The van der Waals surface area contributed by atoms with Crippen molar-refractivity contribution in [3.8, 4) is 16.9 Å². The predicted molar refractivity (Wildman–Crippen MR) is 109 cm³/mol. The fourth-order valence-corrected chi connectivity index (χ4v) is 4.58. The maximum absolute atomic E-state index is 12.0. The third-order valence-corrected chi connectivity index (χ3v) is 6.16. The summed E-state index contributed by atoms with van der Waals surface area (Å²) in [5.41, 5.74) is 7.98. The van der Waals surface area contributed by atoms with E-state index in [-0.39, 0.29) is 11.6 Å². The standard InChI is InChI=1S/C22H24N4O3/c1-15-19(5-4-18-7-10-23-26(15)18)16-3-6-20-17(13-16)14-22(29-20)8-11-25(12-9-22)21(27)24-28-2/h3-7,10,13H,8-9,11-12,14H2,1-2H3,(H,24,27). The normalized spacial score (nSPS) is 17.4. The molecule has 0 saturated carbocycles. The van der Waals surface area contributed by atoms with Crippen molar-refractivity contribution in [2.75, 3.05) is 20.2 Å². The van der Waals surface area contributed by atoms with Crippen molar-refractivity contribution in [2.24, 2.45) is 0 Å². The van der Waals surface area contributed by atoms with E-state index >= 15 is 0 Å². The molecule has 2 aliphatic heterocycles. The topological polar surface area (TPSA) is 68.1 Å². The van der Waals surface area contributed by atoms with Crippen LogP contribution in [-0.2, 0) is 11.3 Å². The number of aryl methyl sites for hydroxylation is 1. The molecule has 1 aromatic carbocycles. The Morgan fingerprint density at radius 3 is 2.83 bits per heavy atom. The Morgan fingerprint density at radius 2 is 2.03 bits per heavy atom. The largest absolute Gasteiger partial charge is 0.487 e. The average molecular weight is 392 g/mol. The Bertz CT molecular complexity index is 1080. The van der Waals surface area contributed by atoms with Gasteiger partial charge in [-0.15, -0.1) is 0 Å². The van der Waals surface area contributed by atoms with Crippen LogP contribution >= 0.6 is 0 Å². The van der Waals surface area contributed by atoms with Crippen LogP contribution in [0.1, 0.15) is 24.1 Å². The summed E-state index contributed by atoms with van der Waals surface area (Å²) in [5.74, 6) is 0.960. The molecule has 150 valence electrons. The number of fused-ring (bicyclic) bond motifs is 2. The number of amides is 2. The average Bonchev–Trinajstić information content (AvgIpc) is 3.33. The van der Waals surface area contributed by atoms with E-state index in [0.29, 0.717) is 13.1 Å². The zero-order valence-electron chi connectivity index (χ0n) is 16.6. The second-order valence-corrected chi connectivity index (χ2v) is 7.88. The second-order valence-electron chi connectivity index (χ2n) is 7.88. The number of benzene rings is 1. The lowest BCUT2D eigenvalue weighted by atomic mass is 9.86. The number of aromatic nitrogens is 2. The molecule has 7 heteroatoms. The molecule has 0 bridgehead atoms. The summed E-state index contributed by atoms with van der Waals surface area (Å²) in [7, 11) is 1.45. The van der Waals surface area contributed by atoms with Crippen molar-refractivity contribution < 1.29 is 14.4 Å². The van der Waals surface area contributed by atoms with Crippen LogP contribution in [-0.4, -0.2) is 46.3 Å². The zero-order chi connectivity index (χ0) is 20.0. The number of hydroxylamine groups is 1. The molecule has 4 heterocycles. The summed E-state index contributed by atoms with van der Waals surface area (Å²) in [5, 5.41) is 4.43. The first-order valence-corrected chi connectivity index (χ1v) is 9.92. The Labute approximate surface area is 169 Å². The van der Waals surface area contributed by atoms with Crippen molar-refractivity contribution in [1.82, 2.24) is 20.0 Å². The molecule has 2 aromatic heterocycles. The smallest absolute Gasteiger partial charge is 0.341 e. The van der Waals surface area contributed by atoms with Crippen molar-refractivity contribution in [3.05, 3.63) is 53.9 Å². The molecular weight excluding hydrogens is 368 g/mol. The molecule has 5 rings (SSSR count). The molecule has 2 amide bonds. The minimum atomic E-state index is -0.216. The van der Waals surface area contributed by atoms with Gasteiger partial charge in [0.1, 0.15) is 11.4 Å². The van der Waals surface area contributed by atoms with Crippen molar-refractivity contribution in [2.45, 2.75) is 31.8 Å². The van der Waals surface area contributed by atoms with Gasteiger partial charge in [0.25, 0.3) is 0 Å². The molecule has 1 saturated heterocycles. The van der Waals surface area contributed by atoms with Gasteiger partial charge < -0.3 is 9.64 Å². The number of rotatable bonds is 2. The van der Waals surface area contributed by atoms with Crippen LogP contribution in [0, 0.1) is 6.92 Å². The zero-order valence-corrected chi connectivity index (χ0v) is 16.6. The number of likely N-dealkylation sites (tertiary alicyclic amines) is 1. The first-order valence-electron chi connectivity index (χ1n) is 9.92. The van der Waals surface area contributed by atoms with Gasteiger partial charge in [-0.05, 0) is 42.3 Å². The monoisotopic (exact) mass is 392 g/mol. The summed E-state index contributed by atoms with van der Waals surface area (Å²) in [6.45, 7) is 3.41. The Balaban J connectivity index is 1.37. The highest BCUT2D eigenvalue weighted by Crippen LogP contribution is 2.42. The molecule has 0 unspecified atom stereocenters. The molecule has 2 aliphatic rings. The number of piperidine rings is 1. The summed E-state index contributed by atoms with van der Waals surface area (Å²) < 4.78 is 8.37. The predicted octanol–water partition coefficient (Wildman–Crippen LogP) is 3.35.